The number of hydrogen-bond donors (Lipinski definition) is 2. The third-order valence-electron chi connectivity index (χ3n) is 5.32. The molecule has 0 aromatic heterocycles. The zero-order chi connectivity index (χ0) is 22.1. The molecule has 3 aromatic rings. The van der Waals surface area contributed by atoms with E-state index in [9.17, 15) is 14.7 Å². The van der Waals surface area contributed by atoms with Crippen molar-refractivity contribution in [2.75, 3.05) is 12.3 Å². The standard InChI is InChI=1S/C25H19N3O3/c1-15(12-26)13-28-14-20-18(8-9-21(27)23(20)25(28)31)17-7-10-22(29)19(11-17)24(30)16-5-3-2-4-6-16/h2-11,29H,1,13-14,27H2. The van der Waals surface area contributed by atoms with Gasteiger partial charge in [-0.05, 0) is 34.9 Å². The SMILES string of the molecule is C=C(C#N)CN1Cc2c(-c3ccc(O)c(C(=O)c4ccccc4)c3)ccc(N)c2C1=O. The summed E-state index contributed by atoms with van der Waals surface area (Å²) in [5.74, 6) is -0.673. The Morgan fingerprint density at radius 3 is 2.61 bits per heavy atom. The average Bonchev–Trinajstić information content (AvgIpc) is 3.11. The molecule has 6 nitrogen and oxygen atoms in total. The van der Waals surface area contributed by atoms with Gasteiger partial charge in [-0.15, -0.1) is 0 Å². The number of carbonyl (C=O) groups is 2. The number of hydrogen-bond acceptors (Lipinski definition) is 5. The van der Waals surface area contributed by atoms with Crippen LogP contribution >= 0.6 is 0 Å². The second kappa shape index (κ2) is 7.81. The lowest BCUT2D eigenvalue weighted by Gasteiger charge is -2.14. The Kier molecular flexibility index (Phi) is 5.02. The maximum atomic E-state index is 12.9. The van der Waals surface area contributed by atoms with Crippen molar-refractivity contribution in [2.45, 2.75) is 6.54 Å². The van der Waals surface area contributed by atoms with Crippen LogP contribution in [-0.4, -0.2) is 28.2 Å². The predicted molar refractivity (Wildman–Crippen MR) is 117 cm³/mol. The van der Waals surface area contributed by atoms with Gasteiger partial charge in [0.25, 0.3) is 5.91 Å². The first-order valence-corrected chi connectivity index (χ1v) is 9.62. The molecule has 0 spiro atoms. The van der Waals surface area contributed by atoms with E-state index in [1.54, 1.807) is 48.5 Å². The molecule has 0 saturated heterocycles. The van der Waals surface area contributed by atoms with Crippen LogP contribution in [0.3, 0.4) is 0 Å². The summed E-state index contributed by atoms with van der Waals surface area (Å²) in [7, 11) is 0. The van der Waals surface area contributed by atoms with Crippen molar-refractivity contribution in [2.24, 2.45) is 0 Å². The number of fused-ring (bicyclic) bond motifs is 1. The topological polar surface area (TPSA) is 107 Å². The second-order valence-corrected chi connectivity index (χ2v) is 7.36. The minimum Gasteiger partial charge on any atom is -0.507 e. The van der Waals surface area contributed by atoms with Gasteiger partial charge in [-0.2, -0.15) is 5.26 Å². The number of anilines is 1. The van der Waals surface area contributed by atoms with Crippen LogP contribution in [0.25, 0.3) is 11.1 Å². The van der Waals surface area contributed by atoms with Crippen LogP contribution in [0.1, 0.15) is 31.8 Å². The molecule has 0 fully saturated rings. The van der Waals surface area contributed by atoms with E-state index in [0.717, 1.165) is 11.1 Å². The van der Waals surface area contributed by atoms with Crippen LogP contribution < -0.4 is 5.73 Å². The van der Waals surface area contributed by atoms with Gasteiger partial charge < -0.3 is 15.7 Å². The van der Waals surface area contributed by atoms with Crippen molar-refractivity contribution in [1.82, 2.24) is 4.90 Å². The van der Waals surface area contributed by atoms with E-state index in [1.165, 1.54) is 11.0 Å². The lowest BCUT2D eigenvalue weighted by Crippen LogP contribution is -2.26. The smallest absolute Gasteiger partial charge is 0.256 e. The molecule has 4 rings (SSSR count). The molecule has 0 saturated carbocycles. The number of phenols is 1. The summed E-state index contributed by atoms with van der Waals surface area (Å²) in [5.41, 5.74) is 9.90. The Balaban J connectivity index is 1.78. The van der Waals surface area contributed by atoms with Crippen LogP contribution in [0.5, 0.6) is 5.75 Å². The van der Waals surface area contributed by atoms with Crippen LogP contribution in [0, 0.1) is 11.3 Å². The Morgan fingerprint density at radius 1 is 1.16 bits per heavy atom. The number of phenolic OH excluding ortho intramolecular Hbond substituents is 1. The molecule has 0 unspecified atom stereocenters. The first kappa shape index (κ1) is 19.9. The fraction of sp³-hybridized carbons (Fsp3) is 0.0800. The quantitative estimate of drug-likeness (QED) is 0.377. The van der Waals surface area contributed by atoms with Gasteiger partial charge >= 0.3 is 0 Å². The summed E-state index contributed by atoms with van der Waals surface area (Å²) in [6.07, 6.45) is 0. The van der Waals surface area contributed by atoms with E-state index in [2.05, 4.69) is 6.58 Å². The summed E-state index contributed by atoms with van der Waals surface area (Å²) in [4.78, 5) is 27.3. The third kappa shape index (κ3) is 3.53. The molecule has 31 heavy (non-hydrogen) atoms. The molecule has 0 aliphatic carbocycles. The van der Waals surface area contributed by atoms with Gasteiger partial charge in [0.1, 0.15) is 5.75 Å². The number of nitrogen functional groups attached to an aromatic ring is 1. The number of ketones is 1. The monoisotopic (exact) mass is 409 g/mol. The van der Waals surface area contributed by atoms with E-state index >= 15 is 0 Å². The van der Waals surface area contributed by atoms with Gasteiger partial charge in [-0.25, -0.2) is 0 Å². The Labute approximate surface area is 179 Å². The van der Waals surface area contributed by atoms with E-state index < -0.39 is 0 Å². The Bertz CT molecular complexity index is 1270. The summed E-state index contributed by atoms with van der Waals surface area (Å²) in [5, 5.41) is 19.3. The highest BCUT2D eigenvalue weighted by molar-refractivity contribution is 6.11. The summed E-state index contributed by atoms with van der Waals surface area (Å²) in [6, 6.07) is 18.9. The van der Waals surface area contributed by atoms with Crippen molar-refractivity contribution >= 4 is 17.4 Å². The van der Waals surface area contributed by atoms with Crippen molar-refractivity contribution in [1.29, 1.82) is 5.26 Å². The van der Waals surface area contributed by atoms with Crippen molar-refractivity contribution in [3.63, 3.8) is 0 Å². The third-order valence-corrected chi connectivity index (χ3v) is 5.32. The second-order valence-electron chi connectivity index (χ2n) is 7.36. The largest absolute Gasteiger partial charge is 0.507 e. The lowest BCUT2D eigenvalue weighted by atomic mass is 9.93. The van der Waals surface area contributed by atoms with Crippen molar-refractivity contribution in [3.8, 4) is 22.9 Å². The van der Waals surface area contributed by atoms with Crippen molar-refractivity contribution < 1.29 is 14.7 Å². The number of rotatable bonds is 5. The van der Waals surface area contributed by atoms with E-state index in [-0.39, 0.29) is 41.7 Å². The number of nitrogens with zero attached hydrogens (tertiary/aromatic N) is 2. The Hall–Kier alpha value is -4.37. The van der Waals surface area contributed by atoms with Gasteiger partial charge in [0.2, 0.25) is 0 Å². The highest BCUT2D eigenvalue weighted by Crippen LogP contribution is 2.37. The van der Waals surface area contributed by atoms with Gasteiger partial charge in [0.15, 0.2) is 5.78 Å². The lowest BCUT2D eigenvalue weighted by molar-refractivity contribution is 0.0794. The minimum atomic E-state index is -0.296. The molecule has 0 atom stereocenters. The van der Waals surface area contributed by atoms with Crippen LogP contribution in [-0.2, 0) is 6.54 Å². The zero-order valence-corrected chi connectivity index (χ0v) is 16.6. The van der Waals surface area contributed by atoms with E-state index in [0.29, 0.717) is 22.4 Å². The fourth-order valence-corrected chi connectivity index (χ4v) is 3.80. The number of carbonyl (C=O) groups excluding carboxylic acids is 2. The average molecular weight is 409 g/mol. The molecule has 0 bridgehead atoms. The molecular weight excluding hydrogens is 390 g/mol. The number of aromatic hydroxyl groups is 1. The molecule has 152 valence electrons. The fourth-order valence-electron chi connectivity index (χ4n) is 3.80. The van der Waals surface area contributed by atoms with Crippen LogP contribution in [0.4, 0.5) is 5.69 Å². The normalized spacial score (nSPS) is 12.4. The highest BCUT2D eigenvalue weighted by atomic mass is 16.3. The molecule has 1 aliphatic heterocycles. The van der Waals surface area contributed by atoms with Gasteiger partial charge in [0.05, 0.1) is 23.7 Å². The summed E-state index contributed by atoms with van der Waals surface area (Å²) >= 11 is 0. The molecule has 0 radical (unpaired) electrons. The number of nitriles is 1. The van der Waals surface area contributed by atoms with Crippen LogP contribution in [0.2, 0.25) is 0 Å². The summed E-state index contributed by atoms with van der Waals surface area (Å²) < 4.78 is 0. The van der Waals surface area contributed by atoms with E-state index in [4.69, 9.17) is 11.0 Å². The first-order chi connectivity index (χ1) is 14.9. The van der Waals surface area contributed by atoms with Crippen molar-refractivity contribution in [3.05, 3.63) is 95.1 Å². The highest BCUT2D eigenvalue weighted by Gasteiger charge is 2.32. The number of amides is 1. The van der Waals surface area contributed by atoms with Crippen LogP contribution in [0.15, 0.2) is 72.8 Å². The first-order valence-electron chi connectivity index (χ1n) is 9.62. The van der Waals surface area contributed by atoms with E-state index in [1.807, 2.05) is 12.1 Å². The molecule has 6 heteroatoms. The molecule has 1 aliphatic rings. The molecule has 1 heterocycles. The van der Waals surface area contributed by atoms with Gasteiger partial charge in [0, 0.05) is 23.4 Å². The summed E-state index contributed by atoms with van der Waals surface area (Å²) in [6.45, 7) is 4.05. The maximum absolute atomic E-state index is 12.9. The minimum absolute atomic E-state index is 0.118. The van der Waals surface area contributed by atoms with Gasteiger partial charge in [-0.1, -0.05) is 49.0 Å². The zero-order valence-electron chi connectivity index (χ0n) is 16.6. The predicted octanol–water partition coefficient (Wildman–Crippen LogP) is 3.91. The number of nitrogens with two attached hydrogens (primary N) is 1. The molecular formula is C25H19N3O3. The Morgan fingerprint density at radius 2 is 1.90 bits per heavy atom. The maximum Gasteiger partial charge on any atom is 0.256 e. The van der Waals surface area contributed by atoms with Gasteiger partial charge in [-0.3, -0.25) is 9.59 Å². The molecule has 3 N–H and O–H groups in total. The molecule has 3 aromatic carbocycles. The molecule has 1 amide bonds. The number of benzene rings is 3.